The largest absolute Gasteiger partial charge is 0.324 e. The zero-order chi connectivity index (χ0) is 19.7. The summed E-state index contributed by atoms with van der Waals surface area (Å²) >= 11 is 0. The fourth-order valence-corrected chi connectivity index (χ4v) is 3.84. The van der Waals surface area contributed by atoms with Gasteiger partial charge in [-0.25, -0.2) is 0 Å². The molecule has 140 valence electrons. The molecule has 0 radical (unpaired) electrons. The maximum absolute atomic E-state index is 13.2. The van der Waals surface area contributed by atoms with Crippen molar-refractivity contribution in [2.24, 2.45) is 0 Å². The smallest absolute Gasteiger partial charge is 0.259 e. The Labute approximate surface area is 164 Å². The first-order chi connectivity index (χ1) is 13.5. The second-order valence-electron chi connectivity index (χ2n) is 7.26. The van der Waals surface area contributed by atoms with E-state index in [1.54, 1.807) is 17.0 Å². The van der Waals surface area contributed by atoms with Crippen LogP contribution in [0.25, 0.3) is 0 Å². The highest BCUT2D eigenvalue weighted by atomic mass is 16.2. The van der Waals surface area contributed by atoms with Crippen molar-refractivity contribution in [3.63, 3.8) is 0 Å². The second kappa shape index (κ2) is 7.31. The lowest BCUT2D eigenvalue weighted by Gasteiger charge is -2.25. The topological polar surface area (TPSA) is 49.4 Å². The van der Waals surface area contributed by atoms with Gasteiger partial charge >= 0.3 is 0 Å². The van der Waals surface area contributed by atoms with Gasteiger partial charge in [0.15, 0.2) is 0 Å². The number of hydrogen-bond acceptors (Lipinski definition) is 2. The predicted molar refractivity (Wildman–Crippen MR) is 112 cm³/mol. The minimum absolute atomic E-state index is 0.161. The molecule has 28 heavy (non-hydrogen) atoms. The summed E-state index contributed by atoms with van der Waals surface area (Å²) in [6.07, 6.45) is 0.505. The molecule has 1 aliphatic rings. The Hall–Kier alpha value is -3.40. The van der Waals surface area contributed by atoms with E-state index in [-0.39, 0.29) is 11.8 Å². The van der Waals surface area contributed by atoms with E-state index in [1.807, 2.05) is 68.4 Å². The van der Waals surface area contributed by atoms with Gasteiger partial charge < -0.3 is 5.32 Å². The van der Waals surface area contributed by atoms with Crippen LogP contribution in [-0.4, -0.2) is 17.9 Å². The molecule has 1 N–H and O–H groups in total. The van der Waals surface area contributed by atoms with E-state index < -0.39 is 6.04 Å². The van der Waals surface area contributed by atoms with Gasteiger partial charge in [-0.15, -0.1) is 0 Å². The molecule has 0 aromatic heterocycles. The third-order valence-corrected chi connectivity index (χ3v) is 5.01. The average molecular weight is 370 g/mol. The standard InChI is InChI=1S/C24H22N2O2/c1-16-12-17(2)14-20(13-16)25-23(27)22-15-19-10-6-7-11-21(19)26(22)24(28)18-8-4-3-5-9-18/h3-14,22H,15H2,1-2H3,(H,25,27)/t22-/m1/s1. The molecule has 1 heterocycles. The molecule has 1 aliphatic heterocycles. The summed E-state index contributed by atoms with van der Waals surface area (Å²) in [5, 5.41) is 3.00. The fourth-order valence-electron chi connectivity index (χ4n) is 3.84. The Morgan fingerprint density at radius 2 is 1.54 bits per heavy atom. The molecule has 0 unspecified atom stereocenters. The minimum atomic E-state index is -0.578. The monoisotopic (exact) mass is 370 g/mol. The SMILES string of the molecule is Cc1cc(C)cc(NC(=O)[C@H]2Cc3ccccc3N2C(=O)c2ccccc2)c1. The number of rotatable bonds is 3. The van der Waals surface area contributed by atoms with Gasteiger partial charge in [0.05, 0.1) is 0 Å². The molecule has 1 atom stereocenters. The van der Waals surface area contributed by atoms with Crippen LogP contribution < -0.4 is 10.2 Å². The molecule has 3 aromatic carbocycles. The number of fused-ring (bicyclic) bond motifs is 1. The molecule has 4 heteroatoms. The van der Waals surface area contributed by atoms with Crippen molar-refractivity contribution < 1.29 is 9.59 Å². The second-order valence-corrected chi connectivity index (χ2v) is 7.26. The van der Waals surface area contributed by atoms with Gasteiger partial charge in [0, 0.05) is 23.4 Å². The van der Waals surface area contributed by atoms with Gasteiger partial charge in [-0.2, -0.15) is 0 Å². The average Bonchev–Trinajstić information content (AvgIpc) is 3.07. The van der Waals surface area contributed by atoms with Crippen LogP contribution in [0.1, 0.15) is 27.0 Å². The lowest BCUT2D eigenvalue weighted by atomic mass is 10.1. The zero-order valence-electron chi connectivity index (χ0n) is 16.0. The molecule has 0 saturated carbocycles. The predicted octanol–water partition coefficient (Wildman–Crippen LogP) is 4.51. The van der Waals surface area contributed by atoms with Gasteiger partial charge in [-0.05, 0) is 60.9 Å². The summed E-state index contributed by atoms with van der Waals surface area (Å²) in [5.41, 5.74) is 5.31. The number of carbonyl (C=O) groups is 2. The van der Waals surface area contributed by atoms with Crippen LogP contribution in [0.5, 0.6) is 0 Å². The van der Waals surface area contributed by atoms with Crippen LogP contribution in [-0.2, 0) is 11.2 Å². The molecule has 0 aliphatic carbocycles. The van der Waals surface area contributed by atoms with E-state index in [0.29, 0.717) is 12.0 Å². The molecule has 0 spiro atoms. The number of benzene rings is 3. The summed E-state index contributed by atoms with van der Waals surface area (Å²) in [4.78, 5) is 28.0. The van der Waals surface area contributed by atoms with Crippen molar-refractivity contribution in [2.45, 2.75) is 26.3 Å². The molecule has 4 nitrogen and oxygen atoms in total. The van der Waals surface area contributed by atoms with Crippen LogP contribution in [0, 0.1) is 13.8 Å². The maximum Gasteiger partial charge on any atom is 0.259 e. The Balaban J connectivity index is 1.67. The number of hydrogen-bond donors (Lipinski definition) is 1. The van der Waals surface area contributed by atoms with Crippen molar-refractivity contribution in [3.8, 4) is 0 Å². The highest BCUT2D eigenvalue weighted by Crippen LogP contribution is 2.34. The molecule has 4 rings (SSSR count). The first-order valence-corrected chi connectivity index (χ1v) is 9.38. The molecule has 0 saturated heterocycles. The van der Waals surface area contributed by atoms with Gasteiger partial charge in [-0.3, -0.25) is 14.5 Å². The summed E-state index contributed by atoms with van der Waals surface area (Å²) in [7, 11) is 0. The van der Waals surface area contributed by atoms with Crippen molar-refractivity contribution in [3.05, 3.63) is 95.1 Å². The number of para-hydroxylation sites is 1. The van der Waals surface area contributed by atoms with E-state index >= 15 is 0 Å². The third kappa shape index (κ3) is 3.41. The lowest BCUT2D eigenvalue weighted by molar-refractivity contribution is -0.117. The number of nitrogens with zero attached hydrogens (tertiary/aromatic N) is 1. The lowest BCUT2D eigenvalue weighted by Crippen LogP contribution is -2.45. The summed E-state index contributed by atoms with van der Waals surface area (Å²) < 4.78 is 0. The van der Waals surface area contributed by atoms with Gasteiger partial charge in [0.25, 0.3) is 5.91 Å². The Morgan fingerprint density at radius 1 is 0.893 bits per heavy atom. The first-order valence-electron chi connectivity index (χ1n) is 9.38. The number of amides is 2. The Morgan fingerprint density at radius 3 is 2.25 bits per heavy atom. The van der Waals surface area contributed by atoms with Crippen LogP contribution in [0.3, 0.4) is 0 Å². The number of aryl methyl sites for hydroxylation is 2. The quantitative estimate of drug-likeness (QED) is 0.737. The van der Waals surface area contributed by atoms with E-state index in [9.17, 15) is 9.59 Å². The van der Waals surface area contributed by atoms with Crippen LogP contribution in [0.4, 0.5) is 11.4 Å². The van der Waals surface area contributed by atoms with Crippen LogP contribution in [0.2, 0.25) is 0 Å². The zero-order valence-corrected chi connectivity index (χ0v) is 16.0. The number of anilines is 2. The van der Waals surface area contributed by atoms with Gasteiger partial charge in [-0.1, -0.05) is 42.5 Å². The maximum atomic E-state index is 13.2. The highest BCUT2D eigenvalue weighted by molar-refractivity contribution is 6.13. The minimum Gasteiger partial charge on any atom is -0.324 e. The molecular formula is C24H22N2O2. The van der Waals surface area contributed by atoms with E-state index in [4.69, 9.17) is 0 Å². The fraction of sp³-hybridized carbons (Fsp3) is 0.167. The molecular weight excluding hydrogens is 348 g/mol. The number of carbonyl (C=O) groups excluding carboxylic acids is 2. The van der Waals surface area contributed by atoms with Crippen molar-refractivity contribution in [1.82, 2.24) is 0 Å². The molecule has 2 amide bonds. The first kappa shape index (κ1) is 18.0. The normalized spacial score (nSPS) is 15.2. The summed E-state index contributed by atoms with van der Waals surface area (Å²) in [6, 6.07) is 22.2. The van der Waals surface area contributed by atoms with E-state index in [1.165, 1.54) is 0 Å². The van der Waals surface area contributed by atoms with E-state index in [0.717, 1.165) is 28.1 Å². The van der Waals surface area contributed by atoms with Gasteiger partial charge in [0.1, 0.15) is 6.04 Å². The third-order valence-electron chi connectivity index (χ3n) is 5.01. The highest BCUT2D eigenvalue weighted by Gasteiger charge is 2.38. The number of nitrogens with one attached hydrogen (secondary N) is 1. The van der Waals surface area contributed by atoms with Crippen LogP contribution in [0.15, 0.2) is 72.8 Å². The van der Waals surface area contributed by atoms with Crippen LogP contribution >= 0.6 is 0 Å². The molecule has 0 bridgehead atoms. The molecule has 0 fully saturated rings. The Bertz CT molecular complexity index is 1020. The summed E-state index contributed by atoms with van der Waals surface area (Å²) in [6.45, 7) is 4.00. The van der Waals surface area contributed by atoms with Gasteiger partial charge in [0.2, 0.25) is 5.91 Å². The Kier molecular flexibility index (Phi) is 4.70. The summed E-state index contributed by atoms with van der Waals surface area (Å²) in [5.74, 6) is -0.336. The van der Waals surface area contributed by atoms with E-state index in [2.05, 4.69) is 11.4 Å². The van der Waals surface area contributed by atoms with Crippen molar-refractivity contribution in [2.75, 3.05) is 10.2 Å². The van der Waals surface area contributed by atoms with Crippen molar-refractivity contribution >= 4 is 23.2 Å². The molecule has 3 aromatic rings. The van der Waals surface area contributed by atoms with Crippen molar-refractivity contribution in [1.29, 1.82) is 0 Å².